The summed E-state index contributed by atoms with van der Waals surface area (Å²) in [5.41, 5.74) is -0.386. The number of para-hydroxylation sites is 1. The predicted octanol–water partition coefficient (Wildman–Crippen LogP) is 5.66. The van der Waals surface area contributed by atoms with Gasteiger partial charge in [0.2, 0.25) is 0 Å². The Kier molecular flexibility index (Phi) is 6.83. The molecule has 0 atom stereocenters. The number of amides is 1. The molecule has 32 heavy (non-hydrogen) atoms. The van der Waals surface area contributed by atoms with Crippen molar-refractivity contribution >= 4 is 23.3 Å². The van der Waals surface area contributed by atoms with Crippen LogP contribution < -0.4 is 4.90 Å². The Balaban J connectivity index is 2.17. The van der Waals surface area contributed by atoms with Gasteiger partial charge in [0, 0.05) is 25.7 Å². The van der Waals surface area contributed by atoms with E-state index in [4.69, 9.17) is 11.6 Å². The highest BCUT2D eigenvalue weighted by atomic mass is 35.5. The minimum atomic E-state index is -4.70. The Morgan fingerprint density at radius 3 is 2.19 bits per heavy atom. The number of rotatable bonds is 6. The smallest absolute Gasteiger partial charge is 0.362 e. The van der Waals surface area contributed by atoms with Gasteiger partial charge in [-0.2, -0.15) is 18.3 Å². The first-order valence-corrected chi connectivity index (χ1v) is 10.4. The lowest BCUT2D eigenvalue weighted by atomic mass is 10.1. The normalized spacial score (nSPS) is 11.7. The highest BCUT2D eigenvalue weighted by molar-refractivity contribution is 6.33. The van der Waals surface area contributed by atoms with Crippen LogP contribution >= 0.6 is 11.6 Å². The molecule has 0 aliphatic carbocycles. The molecule has 1 aromatic heterocycles. The topological polar surface area (TPSA) is 41.4 Å². The van der Waals surface area contributed by atoms with Crippen LogP contribution in [0.1, 0.15) is 35.5 Å². The lowest BCUT2D eigenvalue weighted by Crippen LogP contribution is -2.37. The van der Waals surface area contributed by atoms with Crippen LogP contribution in [0.15, 0.2) is 54.6 Å². The number of aromatic nitrogens is 2. The van der Waals surface area contributed by atoms with Crippen molar-refractivity contribution in [3.63, 3.8) is 0 Å². The van der Waals surface area contributed by atoms with E-state index in [-0.39, 0.29) is 34.6 Å². The molecule has 0 spiro atoms. The Bertz CT molecular complexity index is 1090. The molecule has 1 amide bonds. The van der Waals surface area contributed by atoms with Crippen molar-refractivity contribution in [1.29, 1.82) is 0 Å². The molecule has 0 saturated heterocycles. The number of anilines is 1. The third-order valence-electron chi connectivity index (χ3n) is 4.97. The second-order valence-corrected chi connectivity index (χ2v) is 8.20. The van der Waals surface area contributed by atoms with E-state index < -0.39 is 17.8 Å². The fourth-order valence-corrected chi connectivity index (χ4v) is 3.69. The van der Waals surface area contributed by atoms with Crippen LogP contribution in [-0.4, -0.2) is 40.7 Å². The van der Waals surface area contributed by atoms with Gasteiger partial charge in [0.25, 0.3) is 5.91 Å². The van der Waals surface area contributed by atoms with Crippen LogP contribution in [0.4, 0.5) is 19.0 Å². The SMILES string of the molecule is CC(C)N(Cc1c(C(F)(F)F)nn(-c2ccccc2)c1N(C)C)C(=O)c1ccccc1Cl. The Morgan fingerprint density at radius 2 is 1.66 bits per heavy atom. The van der Waals surface area contributed by atoms with Gasteiger partial charge in [0.1, 0.15) is 5.82 Å². The molecule has 3 aromatic rings. The van der Waals surface area contributed by atoms with Crippen LogP contribution in [0.5, 0.6) is 0 Å². The number of hydrogen-bond donors (Lipinski definition) is 0. The molecule has 0 bridgehead atoms. The Labute approximate surface area is 190 Å². The number of benzene rings is 2. The van der Waals surface area contributed by atoms with Gasteiger partial charge in [-0.15, -0.1) is 0 Å². The molecule has 1 heterocycles. The highest BCUT2D eigenvalue weighted by Crippen LogP contribution is 2.38. The van der Waals surface area contributed by atoms with E-state index in [1.54, 1.807) is 87.4 Å². The molecular weight excluding hydrogens is 441 g/mol. The summed E-state index contributed by atoms with van der Waals surface area (Å²) in [5.74, 6) is -0.197. The van der Waals surface area contributed by atoms with E-state index in [1.807, 2.05) is 0 Å². The molecule has 0 N–H and O–H groups in total. The molecule has 0 fully saturated rings. The number of halogens is 4. The van der Waals surface area contributed by atoms with Crippen molar-refractivity contribution in [2.24, 2.45) is 0 Å². The monoisotopic (exact) mass is 464 g/mol. The van der Waals surface area contributed by atoms with E-state index in [0.717, 1.165) is 0 Å². The zero-order valence-corrected chi connectivity index (χ0v) is 18.9. The lowest BCUT2D eigenvalue weighted by Gasteiger charge is -2.29. The fraction of sp³-hybridized carbons (Fsp3) is 0.304. The van der Waals surface area contributed by atoms with E-state index in [2.05, 4.69) is 5.10 Å². The van der Waals surface area contributed by atoms with Crippen LogP contribution in [0.3, 0.4) is 0 Å². The third-order valence-corrected chi connectivity index (χ3v) is 5.30. The molecular formula is C23H24ClF3N4O. The number of carbonyl (C=O) groups is 1. The fourth-order valence-electron chi connectivity index (χ4n) is 3.47. The van der Waals surface area contributed by atoms with Gasteiger partial charge in [-0.1, -0.05) is 41.9 Å². The largest absolute Gasteiger partial charge is 0.435 e. The summed E-state index contributed by atoms with van der Waals surface area (Å²) in [6.07, 6.45) is -4.70. The zero-order chi connectivity index (χ0) is 23.6. The summed E-state index contributed by atoms with van der Waals surface area (Å²) < 4.78 is 43.4. The van der Waals surface area contributed by atoms with Crippen molar-refractivity contribution < 1.29 is 18.0 Å². The average Bonchev–Trinajstić information content (AvgIpc) is 3.12. The van der Waals surface area contributed by atoms with Crippen LogP contribution in [0, 0.1) is 0 Å². The van der Waals surface area contributed by atoms with Crippen molar-refractivity contribution in [3.8, 4) is 5.69 Å². The molecule has 2 aromatic carbocycles. The van der Waals surface area contributed by atoms with Gasteiger partial charge >= 0.3 is 6.18 Å². The first-order chi connectivity index (χ1) is 15.0. The maximum atomic E-state index is 14.0. The van der Waals surface area contributed by atoms with Gasteiger partial charge in [0.15, 0.2) is 5.69 Å². The molecule has 5 nitrogen and oxygen atoms in total. The first kappa shape index (κ1) is 23.7. The van der Waals surface area contributed by atoms with Crippen molar-refractivity contribution in [1.82, 2.24) is 14.7 Å². The number of nitrogens with zero attached hydrogens (tertiary/aromatic N) is 4. The quantitative estimate of drug-likeness (QED) is 0.472. The van der Waals surface area contributed by atoms with Crippen molar-refractivity contribution in [2.45, 2.75) is 32.6 Å². The van der Waals surface area contributed by atoms with Gasteiger partial charge in [-0.05, 0) is 38.1 Å². The summed E-state index contributed by atoms with van der Waals surface area (Å²) in [5, 5.41) is 4.16. The number of alkyl halides is 3. The van der Waals surface area contributed by atoms with Crippen LogP contribution in [0.25, 0.3) is 5.69 Å². The standard InChI is InChI=1S/C23H24ClF3N4O/c1-15(2)30(22(32)17-12-8-9-13-19(17)24)14-18-20(23(25,26)27)28-31(21(18)29(3)4)16-10-6-5-7-11-16/h5-13,15H,14H2,1-4H3. The van der Waals surface area contributed by atoms with Crippen molar-refractivity contribution in [3.05, 3.63) is 76.4 Å². The van der Waals surface area contributed by atoms with Gasteiger partial charge < -0.3 is 9.80 Å². The molecule has 170 valence electrons. The Hall–Kier alpha value is -3.00. The van der Waals surface area contributed by atoms with Gasteiger partial charge in [-0.25, -0.2) is 4.68 Å². The zero-order valence-electron chi connectivity index (χ0n) is 18.2. The van der Waals surface area contributed by atoms with Gasteiger partial charge in [-0.3, -0.25) is 4.79 Å². The second-order valence-electron chi connectivity index (χ2n) is 7.80. The van der Waals surface area contributed by atoms with Crippen LogP contribution in [-0.2, 0) is 12.7 Å². The summed E-state index contributed by atoms with van der Waals surface area (Å²) in [6.45, 7) is 3.22. The summed E-state index contributed by atoms with van der Waals surface area (Å²) in [4.78, 5) is 16.2. The Morgan fingerprint density at radius 1 is 1.06 bits per heavy atom. The van der Waals surface area contributed by atoms with Gasteiger partial charge in [0.05, 0.1) is 22.8 Å². The summed E-state index contributed by atoms with van der Waals surface area (Å²) in [7, 11) is 3.30. The van der Waals surface area contributed by atoms with E-state index >= 15 is 0 Å². The minimum absolute atomic E-state index is 0.0829. The minimum Gasteiger partial charge on any atom is -0.362 e. The molecule has 0 aliphatic rings. The average molecular weight is 465 g/mol. The van der Waals surface area contributed by atoms with Crippen LogP contribution in [0.2, 0.25) is 5.02 Å². The van der Waals surface area contributed by atoms with E-state index in [9.17, 15) is 18.0 Å². The lowest BCUT2D eigenvalue weighted by molar-refractivity contribution is -0.142. The molecule has 9 heteroatoms. The second kappa shape index (κ2) is 9.24. The molecule has 0 aliphatic heterocycles. The summed E-state index contributed by atoms with van der Waals surface area (Å²) >= 11 is 6.19. The number of hydrogen-bond acceptors (Lipinski definition) is 3. The van der Waals surface area contributed by atoms with E-state index in [0.29, 0.717) is 5.69 Å². The number of carbonyl (C=O) groups excluding carboxylic acids is 1. The molecule has 0 saturated carbocycles. The first-order valence-electron chi connectivity index (χ1n) is 9.99. The third kappa shape index (κ3) is 4.75. The van der Waals surface area contributed by atoms with E-state index in [1.165, 1.54) is 9.58 Å². The molecule has 0 unspecified atom stereocenters. The predicted molar refractivity (Wildman–Crippen MR) is 119 cm³/mol. The van der Waals surface area contributed by atoms with Crippen molar-refractivity contribution in [2.75, 3.05) is 19.0 Å². The highest BCUT2D eigenvalue weighted by Gasteiger charge is 2.41. The molecule has 0 radical (unpaired) electrons. The maximum absolute atomic E-state index is 14.0. The maximum Gasteiger partial charge on any atom is 0.435 e. The molecule has 3 rings (SSSR count). The summed E-state index contributed by atoms with van der Waals surface area (Å²) in [6, 6.07) is 14.7.